The number of esters is 1. The average Bonchev–Trinajstić information content (AvgIpc) is 3.85. The molecule has 2 aromatic heterocycles. The number of aromatic nitrogens is 2. The van der Waals surface area contributed by atoms with Crippen molar-refractivity contribution in [2.45, 2.75) is 107 Å². The van der Waals surface area contributed by atoms with Crippen LogP contribution in [0.2, 0.25) is 0 Å². The van der Waals surface area contributed by atoms with Crippen molar-refractivity contribution in [1.29, 1.82) is 0 Å². The standard InChI is InChI=1S/C26H27FN2O4S.C25H27FN2O3S.C4H8O.Al.Li.4H/c1-15(2)24-23(26(30)33-4)22(17-8-11-18(27)12-9-17)20-7-5-6-16-10-13-19(34(31,32)28-3)14-21(16)25(20)29-24;1-15(2)24-22(14-29)23(17-7-10-18(26)11-8-17)20-6-4-5-16-9-12-19(32(30,31)27-3)13-21(16)25(20)28-24;1-2-4-5-3-1;;;;;;/h8-15,28H,5-7H2,1-4H3;7-13,15,27,29H,4-6,14H2,1-3H3;1-4H2;;;;;;/q;;;;+1;;;;-1. The molecule has 0 amide bonds. The number of carbonyl (C=O) groups is 1. The molecular weight excluding hydrogens is 981 g/mol. The van der Waals surface area contributed by atoms with Gasteiger partial charge in [-0.25, -0.2) is 39.9 Å². The number of methoxy groups -OCH3 is 1. The molecule has 1 aliphatic heterocycles. The Hall–Kier alpha value is -4.62. The van der Waals surface area contributed by atoms with Crippen LogP contribution >= 0.6 is 0 Å². The van der Waals surface area contributed by atoms with Crippen molar-refractivity contribution < 1.29 is 65.3 Å². The van der Waals surface area contributed by atoms with Gasteiger partial charge in [0.15, 0.2) is 17.4 Å². The maximum Gasteiger partial charge on any atom is 1.00 e. The zero-order chi connectivity index (χ0) is 51.2. The van der Waals surface area contributed by atoms with Crippen LogP contribution in [0, 0.1) is 11.6 Å². The Kier molecular flexibility index (Phi) is 20.9. The number of halogens is 2. The molecule has 6 aromatic rings. The zero-order valence-corrected chi connectivity index (χ0v) is 43.9. The van der Waals surface area contributed by atoms with Gasteiger partial charge in [0.25, 0.3) is 0 Å². The fourth-order valence-corrected chi connectivity index (χ4v) is 11.0. The molecule has 4 aromatic carbocycles. The second-order valence-electron chi connectivity index (χ2n) is 18.3. The van der Waals surface area contributed by atoms with E-state index in [1.165, 1.54) is 58.3 Å². The molecule has 1 fully saturated rings. The van der Waals surface area contributed by atoms with Crippen LogP contribution in [-0.2, 0) is 61.8 Å². The number of rotatable bonds is 10. The summed E-state index contributed by atoms with van der Waals surface area (Å²) < 4.78 is 92.3. The molecule has 18 heteroatoms. The van der Waals surface area contributed by atoms with Crippen molar-refractivity contribution in [3.8, 4) is 44.8 Å². The molecule has 0 saturated carbocycles. The second-order valence-corrected chi connectivity index (χ2v) is 22.1. The van der Waals surface area contributed by atoms with Crippen LogP contribution in [-0.4, -0.2) is 89.7 Å². The Balaban J connectivity index is 0.000000282. The van der Waals surface area contributed by atoms with Gasteiger partial charge < -0.3 is 16.0 Å². The van der Waals surface area contributed by atoms with E-state index in [0.717, 1.165) is 107 Å². The van der Waals surface area contributed by atoms with Gasteiger partial charge in [-0.1, -0.05) is 64.1 Å². The number of nitrogens with zero attached hydrogens (tertiary/aromatic N) is 2. The van der Waals surface area contributed by atoms with Crippen LogP contribution in [0.5, 0.6) is 0 Å². The minimum absolute atomic E-state index is 0. The summed E-state index contributed by atoms with van der Waals surface area (Å²) >= 11 is 0. The van der Waals surface area contributed by atoms with E-state index in [1.807, 2.05) is 39.8 Å². The largest absolute Gasteiger partial charge is 1.00 e. The summed E-state index contributed by atoms with van der Waals surface area (Å²) in [7, 11) is -3.17. The first kappa shape index (κ1) is 59.3. The minimum Gasteiger partial charge on any atom is -1.00 e. The predicted octanol–water partition coefficient (Wildman–Crippen LogP) is 6.16. The first-order chi connectivity index (χ1) is 33.9. The molecule has 0 atom stereocenters. The van der Waals surface area contributed by atoms with Crippen molar-refractivity contribution in [1.82, 2.24) is 19.4 Å². The molecular formula is C55H66AlF2LiN4O8S2. The molecule has 12 nitrogen and oxygen atoms in total. The van der Waals surface area contributed by atoms with Gasteiger partial charge in [0.05, 0.1) is 46.2 Å². The maximum atomic E-state index is 13.8. The summed E-state index contributed by atoms with van der Waals surface area (Å²) in [5.74, 6) is -1.28. The number of sulfonamides is 2. The van der Waals surface area contributed by atoms with Crippen molar-refractivity contribution in [2.75, 3.05) is 34.4 Å². The van der Waals surface area contributed by atoms with Gasteiger partial charge in [0, 0.05) is 41.2 Å². The third kappa shape index (κ3) is 13.1. The van der Waals surface area contributed by atoms with E-state index in [-0.39, 0.29) is 77.5 Å². The summed E-state index contributed by atoms with van der Waals surface area (Å²) in [6.07, 6.45) is 7.08. The molecule has 0 unspecified atom stereocenters. The number of hydrogen-bond acceptors (Lipinski definition) is 10. The van der Waals surface area contributed by atoms with Crippen molar-refractivity contribution in [3.63, 3.8) is 0 Å². The molecule has 3 N–H and O–H groups in total. The Morgan fingerprint density at radius 2 is 1.10 bits per heavy atom. The van der Waals surface area contributed by atoms with Gasteiger partial charge in [-0.3, -0.25) is 9.97 Å². The molecule has 73 heavy (non-hydrogen) atoms. The number of aryl methyl sites for hydroxylation is 2. The van der Waals surface area contributed by atoms with E-state index in [0.29, 0.717) is 34.5 Å². The molecule has 2 aliphatic carbocycles. The fraction of sp³-hybridized carbons (Fsp3) is 0.364. The first-order valence-electron chi connectivity index (χ1n) is 24.0. The van der Waals surface area contributed by atoms with E-state index >= 15 is 0 Å². The number of nitrogens with one attached hydrogen (secondary N) is 2. The van der Waals surface area contributed by atoms with Crippen molar-refractivity contribution >= 4 is 43.4 Å². The van der Waals surface area contributed by atoms with Gasteiger partial charge in [0.2, 0.25) is 20.0 Å². The normalized spacial score (nSPS) is 13.8. The van der Waals surface area contributed by atoms with Crippen LogP contribution in [0.15, 0.2) is 94.7 Å². The van der Waals surface area contributed by atoms with Gasteiger partial charge >= 0.3 is 24.8 Å². The number of hydrogen-bond donors (Lipinski definition) is 3. The SMILES string of the molecule is C1CCOC1.CNS(=O)(=O)c1ccc2c(c1)-c1nc(C(C)C)c(C(=O)OC)c(-c3ccc(F)cc3)c1CCC2.CNS(=O)(=O)c1ccc2c(c1)-c1nc(C(C)C)c(CO)c(-c3ccc(F)cc3)c1CCC2.[AlH3].[H-].[Li+]. The number of pyridine rings is 2. The number of benzene rings is 4. The van der Waals surface area contributed by atoms with Crippen LogP contribution < -0.4 is 28.3 Å². The van der Waals surface area contributed by atoms with Crippen molar-refractivity contribution in [3.05, 3.63) is 141 Å². The second kappa shape index (κ2) is 25.7. The number of carbonyl (C=O) groups excluding carboxylic acids is 1. The van der Waals surface area contributed by atoms with E-state index < -0.39 is 26.0 Å². The van der Waals surface area contributed by atoms with Gasteiger partial charge in [-0.2, -0.15) is 0 Å². The van der Waals surface area contributed by atoms with Gasteiger partial charge in [-0.05, 0) is 165 Å². The summed E-state index contributed by atoms with van der Waals surface area (Å²) in [5, 5.41) is 10.3. The number of fused-ring (bicyclic) bond motifs is 6. The quantitative estimate of drug-likeness (QED) is 0.107. The van der Waals surface area contributed by atoms with Crippen LogP contribution in [0.1, 0.15) is 116 Å². The van der Waals surface area contributed by atoms with Crippen molar-refractivity contribution in [2.24, 2.45) is 0 Å². The molecule has 0 bridgehead atoms. The van der Waals surface area contributed by atoms with Gasteiger partial charge in [-0.15, -0.1) is 0 Å². The molecule has 0 spiro atoms. The van der Waals surface area contributed by atoms with E-state index in [1.54, 1.807) is 48.5 Å². The molecule has 9 rings (SSSR count). The Morgan fingerprint density at radius 3 is 1.48 bits per heavy atom. The molecule has 3 heterocycles. The Bertz CT molecular complexity index is 3160. The monoisotopic (exact) mass is 1050 g/mol. The van der Waals surface area contributed by atoms with Crippen LogP contribution in [0.4, 0.5) is 8.78 Å². The Morgan fingerprint density at radius 1 is 0.671 bits per heavy atom. The van der Waals surface area contributed by atoms with E-state index in [9.17, 15) is 35.5 Å². The molecule has 384 valence electrons. The van der Waals surface area contributed by atoms with Crippen LogP contribution in [0.25, 0.3) is 44.8 Å². The number of ether oxygens (including phenoxy) is 2. The summed E-state index contributed by atoms with van der Waals surface area (Å²) in [6.45, 7) is 9.73. The third-order valence-corrected chi connectivity index (χ3v) is 15.9. The topological polar surface area (TPSA) is 174 Å². The maximum absolute atomic E-state index is 13.8. The first-order valence-corrected chi connectivity index (χ1v) is 27.0. The molecule has 1 saturated heterocycles. The summed E-state index contributed by atoms with van der Waals surface area (Å²) in [5.41, 5.74) is 12.2. The van der Waals surface area contributed by atoms with E-state index in [2.05, 4.69) is 9.44 Å². The zero-order valence-electron chi connectivity index (χ0n) is 43.3. The number of aliphatic hydroxyl groups excluding tert-OH is 1. The van der Waals surface area contributed by atoms with Crippen LogP contribution in [0.3, 0.4) is 0 Å². The average molecular weight is 1050 g/mol. The fourth-order valence-electron chi connectivity index (χ4n) is 9.50. The summed E-state index contributed by atoms with van der Waals surface area (Å²) in [6, 6.07) is 22.6. The third-order valence-electron chi connectivity index (χ3n) is 13.1. The number of aliphatic hydroxyl groups is 1. The van der Waals surface area contributed by atoms with E-state index in [4.69, 9.17) is 19.4 Å². The molecule has 0 radical (unpaired) electrons. The summed E-state index contributed by atoms with van der Waals surface area (Å²) in [4.78, 5) is 23.3. The van der Waals surface area contributed by atoms with Gasteiger partial charge in [0.1, 0.15) is 11.6 Å². The molecule has 3 aliphatic rings. The Labute approximate surface area is 453 Å². The predicted molar refractivity (Wildman–Crippen MR) is 283 cm³/mol. The smallest absolute Gasteiger partial charge is 1.00 e. The minimum atomic E-state index is -3.66.